The van der Waals surface area contributed by atoms with Gasteiger partial charge in [0, 0.05) is 0 Å². The molecule has 2 rings (SSSR count). The second-order valence-corrected chi connectivity index (χ2v) is 5.36. The van der Waals surface area contributed by atoms with Crippen molar-refractivity contribution < 1.29 is 18.3 Å². The molecule has 106 valence electrons. The molecule has 1 nitrogen and oxygen atoms in total. The van der Waals surface area contributed by atoms with Crippen molar-refractivity contribution in [3.8, 4) is 0 Å². The van der Waals surface area contributed by atoms with Crippen LogP contribution in [0.25, 0.3) is 0 Å². The maximum atomic E-state index is 13.2. The summed E-state index contributed by atoms with van der Waals surface area (Å²) in [6.45, 7) is 1.37. The number of aliphatic hydroxyl groups is 1. The molecule has 1 aliphatic carbocycles. The lowest BCUT2D eigenvalue weighted by atomic mass is 9.79. The Balaban J connectivity index is 2.50. The van der Waals surface area contributed by atoms with Gasteiger partial charge in [-0.1, -0.05) is 25.3 Å². The summed E-state index contributed by atoms with van der Waals surface area (Å²) >= 11 is 0. The summed E-state index contributed by atoms with van der Waals surface area (Å²) in [5.74, 6) is 0.0121. The van der Waals surface area contributed by atoms with Crippen LogP contribution in [-0.4, -0.2) is 5.11 Å². The fourth-order valence-electron chi connectivity index (χ4n) is 3.13. The first kappa shape index (κ1) is 14.4. The predicted octanol–water partition coefficient (Wildman–Crippen LogP) is 4.55. The van der Waals surface area contributed by atoms with Crippen molar-refractivity contribution in [2.45, 2.75) is 57.7 Å². The molecule has 1 aromatic carbocycles. The van der Waals surface area contributed by atoms with Crippen LogP contribution in [0, 0.1) is 6.92 Å². The third-order valence-corrected chi connectivity index (χ3v) is 3.95. The average Bonchev–Trinajstić information content (AvgIpc) is 2.37. The molecule has 0 spiro atoms. The van der Waals surface area contributed by atoms with Crippen LogP contribution in [0.4, 0.5) is 13.2 Å². The zero-order chi connectivity index (χ0) is 14.0. The SMILES string of the molecule is Cc1cc(CO)cc(C(F)(F)F)c1C1CCCCC1. The number of halogens is 3. The highest BCUT2D eigenvalue weighted by Crippen LogP contribution is 2.42. The van der Waals surface area contributed by atoms with E-state index in [0.29, 0.717) is 16.7 Å². The van der Waals surface area contributed by atoms with E-state index in [1.807, 2.05) is 0 Å². The standard InChI is InChI=1S/C15H19F3O/c1-10-7-11(9-19)8-13(15(16,17)18)14(10)12-5-3-2-4-6-12/h7-8,12,19H,2-6,9H2,1H3. The second kappa shape index (κ2) is 5.53. The molecule has 1 aromatic rings. The molecule has 1 aliphatic rings. The van der Waals surface area contributed by atoms with Gasteiger partial charge in [-0.2, -0.15) is 13.2 Å². The Kier molecular flexibility index (Phi) is 4.19. The predicted molar refractivity (Wildman–Crippen MR) is 67.9 cm³/mol. The normalized spacial score (nSPS) is 17.7. The van der Waals surface area contributed by atoms with Gasteiger partial charge in [-0.3, -0.25) is 0 Å². The zero-order valence-corrected chi connectivity index (χ0v) is 11.1. The summed E-state index contributed by atoms with van der Waals surface area (Å²) in [5, 5.41) is 9.09. The summed E-state index contributed by atoms with van der Waals surface area (Å²) < 4.78 is 39.7. The first-order valence-electron chi connectivity index (χ1n) is 6.75. The highest BCUT2D eigenvalue weighted by atomic mass is 19.4. The molecule has 0 atom stereocenters. The van der Waals surface area contributed by atoms with Crippen molar-refractivity contribution in [3.63, 3.8) is 0 Å². The number of rotatable bonds is 2. The van der Waals surface area contributed by atoms with Gasteiger partial charge in [-0.25, -0.2) is 0 Å². The highest BCUT2D eigenvalue weighted by Gasteiger charge is 2.36. The van der Waals surface area contributed by atoms with Crippen molar-refractivity contribution in [2.24, 2.45) is 0 Å². The fourth-order valence-corrected chi connectivity index (χ4v) is 3.13. The van der Waals surface area contributed by atoms with Gasteiger partial charge in [-0.15, -0.1) is 0 Å². The Morgan fingerprint density at radius 2 is 1.79 bits per heavy atom. The van der Waals surface area contributed by atoms with Crippen molar-refractivity contribution in [2.75, 3.05) is 0 Å². The minimum atomic E-state index is -4.34. The minimum Gasteiger partial charge on any atom is -0.392 e. The van der Waals surface area contributed by atoms with E-state index in [2.05, 4.69) is 0 Å². The summed E-state index contributed by atoms with van der Waals surface area (Å²) in [6.07, 6.45) is 0.450. The van der Waals surface area contributed by atoms with Gasteiger partial charge in [0.25, 0.3) is 0 Å². The van der Waals surface area contributed by atoms with Crippen molar-refractivity contribution in [1.29, 1.82) is 0 Å². The minimum absolute atomic E-state index is 0.0121. The lowest BCUT2D eigenvalue weighted by Crippen LogP contribution is -2.16. The molecule has 0 radical (unpaired) electrons. The molecule has 1 saturated carbocycles. The number of alkyl halides is 3. The monoisotopic (exact) mass is 272 g/mol. The molecule has 0 amide bonds. The van der Waals surface area contributed by atoms with E-state index in [-0.39, 0.29) is 12.5 Å². The number of hydrogen-bond acceptors (Lipinski definition) is 1. The van der Waals surface area contributed by atoms with Crippen LogP contribution in [0.2, 0.25) is 0 Å². The van der Waals surface area contributed by atoms with E-state index in [4.69, 9.17) is 5.11 Å². The van der Waals surface area contributed by atoms with Crippen LogP contribution in [0.3, 0.4) is 0 Å². The van der Waals surface area contributed by atoms with Crippen LogP contribution in [-0.2, 0) is 12.8 Å². The molecule has 0 saturated heterocycles. The van der Waals surface area contributed by atoms with E-state index >= 15 is 0 Å². The first-order chi connectivity index (χ1) is 8.93. The molecule has 0 unspecified atom stereocenters. The Bertz CT molecular complexity index is 445. The molecule has 0 aromatic heterocycles. The Hall–Kier alpha value is -1.03. The fraction of sp³-hybridized carbons (Fsp3) is 0.600. The third kappa shape index (κ3) is 3.11. The Morgan fingerprint density at radius 1 is 1.16 bits per heavy atom. The average molecular weight is 272 g/mol. The van der Waals surface area contributed by atoms with E-state index < -0.39 is 11.7 Å². The molecule has 0 aliphatic heterocycles. The number of benzene rings is 1. The van der Waals surface area contributed by atoms with E-state index in [9.17, 15) is 13.2 Å². The zero-order valence-electron chi connectivity index (χ0n) is 11.1. The van der Waals surface area contributed by atoms with Crippen LogP contribution in [0.15, 0.2) is 12.1 Å². The van der Waals surface area contributed by atoms with Crippen molar-refractivity contribution >= 4 is 0 Å². The first-order valence-corrected chi connectivity index (χ1v) is 6.75. The summed E-state index contributed by atoms with van der Waals surface area (Å²) in [5.41, 5.74) is 0.892. The molecular weight excluding hydrogens is 253 g/mol. The summed E-state index contributed by atoms with van der Waals surface area (Å²) in [4.78, 5) is 0. The van der Waals surface area contributed by atoms with E-state index in [0.717, 1.165) is 38.2 Å². The van der Waals surface area contributed by atoms with Gasteiger partial charge in [0.1, 0.15) is 0 Å². The molecular formula is C15H19F3O. The van der Waals surface area contributed by atoms with Crippen LogP contribution >= 0.6 is 0 Å². The van der Waals surface area contributed by atoms with Gasteiger partial charge < -0.3 is 5.11 Å². The molecule has 1 N–H and O–H groups in total. The van der Waals surface area contributed by atoms with Crippen molar-refractivity contribution in [1.82, 2.24) is 0 Å². The molecule has 1 fully saturated rings. The number of aliphatic hydroxyl groups excluding tert-OH is 1. The van der Waals surface area contributed by atoms with Gasteiger partial charge in [0.15, 0.2) is 0 Å². The lowest BCUT2D eigenvalue weighted by Gasteiger charge is -2.27. The van der Waals surface area contributed by atoms with Crippen LogP contribution < -0.4 is 0 Å². The number of aryl methyl sites for hydroxylation is 1. The van der Waals surface area contributed by atoms with Gasteiger partial charge in [0.2, 0.25) is 0 Å². The van der Waals surface area contributed by atoms with Crippen molar-refractivity contribution in [3.05, 3.63) is 34.4 Å². The molecule has 0 bridgehead atoms. The van der Waals surface area contributed by atoms with Gasteiger partial charge in [0.05, 0.1) is 12.2 Å². The second-order valence-electron chi connectivity index (χ2n) is 5.36. The maximum Gasteiger partial charge on any atom is 0.416 e. The molecule has 0 heterocycles. The molecule has 19 heavy (non-hydrogen) atoms. The van der Waals surface area contributed by atoms with Gasteiger partial charge in [-0.05, 0) is 48.4 Å². The highest BCUT2D eigenvalue weighted by molar-refractivity contribution is 5.42. The summed E-state index contributed by atoms with van der Waals surface area (Å²) in [7, 11) is 0. The molecule has 4 heteroatoms. The largest absolute Gasteiger partial charge is 0.416 e. The quantitative estimate of drug-likeness (QED) is 0.837. The van der Waals surface area contributed by atoms with E-state index in [1.54, 1.807) is 13.0 Å². The Labute approximate surface area is 111 Å². The van der Waals surface area contributed by atoms with Crippen LogP contribution in [0.5, 0.6) is 0 Å². The summed E-state index contributed by atoms with van der Waals surface area (Å²) in [6, 6.07) is 2.79. The number of hydrogen-bond donors (Lipinski definition) is 1. The topological polar surface area (TPSA) is 20.2 Å². The third-order valence-electron chi connectivity index (χ3n) is 3.95. The lowest BCUT2D eigenvalue weighted by molar-refractivity contribution is -0.138. The van der Waals surface area contributed by atoms with Gasteiger partial charge >= 0.3 is 6.18 Å². The smallest absolute Gasteiger partial charge is 0.392 e. The van der Waals surface area contributed by atoms with E-state index in [1.165, 1.54) is 0 Å². The van der Waals surface area contributed by atoms with Crippen LogP contribution in [0.1, 0.15) is 60.3 Å². The maximum absolute atomic E-state index is 13.2. The Morgan fingerprint density at radius 3 is 2.32 bits per heavy atom.